The van der Waals surface area contributed by atoms with Gasteiger partial charge in [-0.15, -0.1) is 0 Å². The van der Waals surface area contributed by atoms with E-state index < -0.39 is 0 Å². The lowest BCUT2D eigenvalue weighted by molar-refractivity contribution is -0.00691. The average Bonchev–Trinajstić information content (AvgIpc) is 2.02. The van der Waals surface area contributed by atoms with Crippen molar-refractivity contribution in [1.29, 1.82) is 0 Å². The Morgan fingerprint density at radius 1 is 1.15 bits per heavy atom. The summed E-state index contributed by atoms with van der Waals surface area (Å²) >= 11 is 0. The van der Waals surface area contributed by atoms with E-state index in [0.717, 1.165) is 12.8 Å². The standard InChI is InChI=1S/C11H23NO/c1-11(2,3)12(4)9-7-5-6-8-10(9)13/h9-10,13H,5-8H2,1-4H3/t9-,10-/m0/s1. The maximum Gasteiger partial charge on any atom is 0.0695 e. The topological polar surface area (TPSA) is 23.5 Å². The summed E-state index contributed by atoms with van der Waals surface area (Å²) in [6.07, 6.45) is 4.47. The average molecular weight is 185 g/mol. The van der Waals surface area contributed by atoms with Crippen LogP contribution in [0.2, 0.25) is 0 Å². The van der Waals surface area contributed by atoms with E-state index >= 15 is 0 Å². The zero-order valence-electron chi connectivity index (χ0n) is 9.38. The molecule has 1 saturated carbocycles. The Labute approximate surface area is 81.9 Å². The summed E-state index contributed by atoms with van der Waals surface area (Å²) in [7, 11) is 2.12. The molecule has 0 aliphatic heterocycles. The molecule has 1 aliphatic carbocycles. The molecule has 1 rings (SSSR count). The maximum absolute atomic E-state index is 9.86. The third-order valence-corrected chi connectivity index (χ3v) is 3.25. The quantitative estimate of drug-likeness (QED) is 0.675. The highest BCUT2D eigenvalue weighted by Gasteiger charge is 2.31. The van der Waals surface area contributed by atoms with Gasteiger partial charge in [-0.3, -0.25) is 4.90 Å². The van der Waals surface area contributed by atoms with Crippen LogP contribution in [0.25, 0.3) is 0 Å². The number of likely N-dealkylation sites (N-methyl/N-ethyl adjacent to an activating group) is 1. The summed E-state index contributed by atoms with van der Waals surface area (Å²) < 4.78 is 0. The fourth-order valence-electron chi connectivity index (χ4n) is 2.04. The predicted molar refractivity (Wildman–Crippen MR) is 55.8 cm³/mol. The molecule has 0 spiro atoms. The minimum atomic E-state index is -0.113. The second-order valence-electron chi connectivity index (χ2n) is 5.20. The van der Waals surface area contributed by atoms with Crippen molar-refractivity contribution in [1.82, 2.24) is 4.90 Å². The Morgan fingerprint density at radius 2 is 1.69 bits per heavy atom. The largest absolute Gasteiger partial charge is 0.391 e. The molecule has 2 heteroatoms. The first-order valence-corrected chi connectivity index (χ1v) is 5.34. The molecule has 1 aliphatic rings. The van der Waals surface area contributed by atoms with Gasteiger partial charge in [0.25, 0.3) is 0 Å². The smallest absolute Gasteiger partial charge is 0.0695 e. The Kier molecular flexibility index (Phi) is 3.36. The van der Waals surface area contributed by atoms with Gasteiger partial charge in [0.2, 0.25) is 0 Å². The first kappa shape index (κ1) is 11.0. The summed E-state index contributed by atoms with van der Waals surface area (Å²) in [5.41, 5.74) is 0.170. The van der Waals surface area contributed by atoms with E-state index in [-0.39, 0.29) is 11.6 Å². The van der Waals surface area contributed by atoms with Gasteiger partial charge < -0.3 is 5.11 Å². The van der Waals surface area contributed by atoms with Crippen LogP contribution in [0.15, 0.2) is 0 Å². The van der Waals surface area contributed by atoms with Gasteiger partial charge in [-0.1, -0.05) is 12.8 Å². The van der Waals surface area contributed by atoms with Crippen LogP contribution in [0, 0.1) is 0 Å². The number of hydrogen-bond donors (Lipinski definition) is 1. The molecule has 0 unspecified atom stereocenters. The van der Waals surface area contributed by atoms with Gasteiger partial charge in [0, 0.05) is 11.6 Å². The van der Waals surface area contributed by atoms with Crippen molar-refractivity contribution < 1.29 is 5.11 Å². The van der Waals surface area contributed by atoms with Gasteiger partial charge >= 0.3 is 0 Å². The number of nitrogens with zero attached hydrogens (tertiary/aromatic N) is 1. The van der Waals surface area contributed by atoms with Crippen molar-refractivity contribution in [3.05, 3.63) is 0 Å². The highest BCUT2D eigenvalue weighted by molar-refractivity contribution is 4.87. The van der Waals surface area contributed by atoms with Crippen LogP contribution in [0.4, 0.5) is 0 Å². The molecule has 78 valence electrons. The van der Waals surface area contributed by atoms with Crippen LogP contribution in [0.5, 0.6) is 0 Å². The summed E-state index contributed by atoms with van der Waals surface area (Å²) in [4.78, 5) is 2.32. The lowest BCUT2D eigenvalue weighted by atomic mass is 9.89. The molecule has 13 heavy (non-hydrogen) atoms. The molecule has 0 aromatic rings. The van der Waals surface area contributed by atoms with Crippen molar-refractivity contribution in [2.45, 2.75) is 64.1 Å². The van der Waals surface area contributed by atoms with E-state index in [1.807, 2.05) is 0 Å². The van der Waals surface area contributed by atoms with Crippen molar-refractivity contribution >= 4 is 0 Å². The van der Waals surface area contributed by atoms with Gasteiger partial charge in [0.15, 0.2) is 0 Å². The number of aliphatic hydroxyl groups is 1. The van der Waals surface area contributed by atoms with E-state index in [0.29, 0.717) is 6.04 Å². The lowest BCUT2D eigenvalue weighted by Crippen LogP contribution is -2.51. The minimum Gasteiger partial charge on any atom is -0.391 e. The molecule has 0 heterocycles. The fourth-order valence-corrected chi connectivity index (χ4v) is 2.04. The predicted octanol–water partition coefficient (Wildman–Crippen LogP) is 2.02. The SMILES string of the molecule is CN([C@H]1CCCC[C@@H]1O)C(C)(C)C. The number of hydrogen-bond acceptors (Lipinski definition) is 2. The van der Waals surface area contributed by atoms with Gasteiger partial charge in [0.1, 0.15) is 0 Å². The van der Waals surface area contributed by atoms with Crippen molar-refractivity contribution in [3.8, 4) is 0 Å². The summed E-state index contributed by atoms with van der Waals surface area (Å²) in [5, 5.41) is 9.86. The second kappa shape index (κ2) is 3.97. The Bertz CT molecular complexity index is 162. The van der Waals surface area contributed by atoms with Gasteiger partial charge in [-0.25, -0.2) is 0 Å². The highest BCUT2D eigenvalue weighted by atomic mass is 16.3. The molecule has 2 nitrogen and oxygen atoms in total. The Hall–Kier alpha value is -0.0800. The Morgan fingerprint density at radius 3 is 2.15 bits per heavy atom. The first-order chi connectivity index (χ1) is 5.93. The molecule has 1 N–H and O–H groups in total. The monoisotopic (exact) mass is 185 g/mol. The van der Waals surface area contributed by atoms with Crippen LogP contribution in [0.3, 0.4) is 0 Å². The highest BCUT2D eigenvalue weighted by Crippen LogP contribution is 2.26. The van der Waals surface area contributed by atoms with E-state index in [1.54, 1.807) is 0 Å². The van der Waals surface area contributed by atoms with Crippen LogP contribution in [0.1, 0.15) is 46.5 Å². The number of aliphatic hydroxyl groups excluding tert-OH is 1. The van der Waals surface area contributed by atoms with Crippen molar-refractivity contribution in [2.75, 3.05) is 7.05 Å². The number of rotatable bonds is 1. The first-order valence-electron chi connectivity index (χ1n) is 5.34. The molecule has 0 aromatic heterocycles. The van der Waals surface area contributed by atoms with Crippen LogP contribution in [-0.4, -0.2) is 34.7 Å². The molecule has 0 saturated heterocycles. The third kappa shape index (κ3) is 2.68. The zero-order valence-corrected chi connectivity index (χ0v) is 9.38. The molecule has 2 atom stereocenters. The summed E-state index contributed by atoms with van der Waals surface area (Å²) in [5.74, 6) is 0. The minimum absolute atomic E-state index is 0.113. The molecule has 0 aromatic carbocycles. The summed E-state index contributed by atoms with van der Waals surface area (Å²) in [6.45, 7) is 6.61. The molecule has 0 radical (unpaired) electrons. The molecule has 0 amide bonds. The zero-order chi connectivity index (χ0) is 10.1. The van der Waals surface area contributed by atoms with E-state index in [4.69, 9.17) is 0 Å². The third-order valence-electron chi connectivity index (χ3n) is 3.25. The van der Waals surface area contributed by atoms with Gasteiger partial charge in [-0.2, -0.15) is 0 Å². The van der Waals surface area contributed by atoms with E-state index in [2.05, 4.69) is 32.7 Å². The molecule has 0 bridgehead atoms. The van der Waals surface area contributed by atoms with Crippen LogP contribution in [-0.2, 0) is 0 Å². The van der Waals surface area contributed by atoms with Gasteiger partial charge in [0.05, 0.1) is 6.10 Å². The molecule has 1 fully saturated rings. The van der Waals surface area contributed by atoms with Crippen LogP contribution >= 0.6 is 0 Å². The van der Waals surface area contributed by atoms with E-state index in [1.165, 1.54) is 12.8 Å². The second-order valence-corrected chi connectivity index (χ2v) is 5.20. The van der Waals surface area contributed by atoms with E-state index in [9.17, 15) is 5.11 Å². The van der Waals surface area contributed by atoms with Crippen LogP contribution < -0.4 is 0 Å². The lowest BCUT2D eigenvalue weighted by Gasteiger charge is -2.42. The Balaban J connectivity index is 2.58. The maximum atomic E-state index is 9.86. The normalized spacial score (nSPS) is 30.9. The fraction of sp³-hybridized carbons (Fsp3) is 1.00. The molecular weight excluding hydrogens is 162 g/mol. The van der Waals surface area contributed by atoms with Gasteiger partial charge in [-0.05, 0) is 40.7 Å². The van der Waals surface area contributed by atoms with Crippen molar-refractivity contribution in [3.63, 3.8) is 0 Å². The molecular formula is C11H23NO. The summed E-state index contributed by atoms with van der Waals surface area (Å²) in [6, 6.07) is 0.369. The van der Waals surface area contributed by atoms with Crippen molar-refractivity contribution in [2.24, 2.45) is 0 Å².